The van der Waals surface area contributed by atoms with Gasteiger partial charge in [0, 0.05) is 26.2 Å². The summed E-state index contributed by atoms with van der Waals surface area (Å²) in [5.41, 5.74) is 5.06. The van der Waals surface area contributed by atoms with Crippen molar-refractivity contribution in [3.05, 3.63) is 0 Å². The maximum atomic E-state index is 11.3. The molecule has 0 spiro atoms. The summed E-state index contributed by atoms with van der Waals surface area (Å²) in [5.74, 6) is -1.57. The molecule has 84 valence electrons. The number of aliphatic carboxylic acids is 1. The maximum absolute atomic E-state index is 11.3. The van der Waals surface area contributed by atoms with E-state index in [4.69, 9.17) is 10.8 Å². The summed E-state index contributed by atoms with van der Waals surface area (Å²) >= 11 is 0. The van der Waals surface area contributed by atoms with Crippen molar-refractivity contribution in [3.8, 4) is 0 Å². The van der Waals surface area contributed by atoms with Crippen LogP contribution in [0.4, 0.5) is 4.79 Å². The van der Waals surface area contributed by atoms with Crippen LogP contribution in [0.5, 0.6) is 0 Å². The topological polar surface area (TPSA) is 104 Å². The second-order valence-electron chi connectivity index (χ2n) is 3.28. The van der Waals surface area contributed by atoms with Crippen LogP contribution in [0.25, 0.3) is 0 Å². The summed E-state index contributed by atoms with van der Waals surface area (Å²) < 4.78 is 0. The number of carboxylic acids is 1. The Kier molecular flexibility index (Phi) is 3.48. The summed E-state index contributed by atoms with van der Waals surface area (Å²) in [6.07, 6.45) is -0.503. The maximum Gasteiger partial charge on any atom is 0.314 e. The highest BCUT2D eigenvalue weighted by Crippen LogP contribution is 2.03. The molecule has 7 nitrogen and oxygen atoms in total. The van der Waals surface area contributed by atoms with Gasteiger partial charge in [0.05, 0.1) is 0 Å². The minimum Gasteiger partial charge on any atom is -0.481 e. The zero-order chi connectivity index (χ0) is 11.4. The van der Waals surface area contributed by atoms with Crippen LogP contribution in [0.3, 0.4) is 0 Å². The van der Waals surface area contributed by atoms with Crippen LogP contribution in [0.2, 0.25) is 0 Å². The van der Waals surface area contributed by atoms with Gasteiger partial charge >= 0.3 is 12.0 Å². The molecular weight excluding hydrogens is 202 g/mol. The first-order chi connectivity index (χ1) is 7.00. The van der Waals surface area contributed by atoms with E-state index in [1.165, 1.54) is 9.80 Å². The van der Waals surface area contributed by atoms with Crippen molar-refractivity contribution >= 4 is 17.9 Å². The number of hydrogen-bond acceptors (Lipinski definition) is 3. The van der Waals surface area contributed by atoms with E-state index in [9.17, 15) is 14.4 Å². The van der Waals surface area contributed by atoms with E-state index in [2.05, 4.69) is 0 Å². The molecule has 1 aliphatic rings. The van der Waals surface area contributed by atoms with Gasteiger partial charge in [0.25, 0.3) is 0 Å². The summed E-state index contributed by atoms with van der Waals surface area (Å²) in [7, 11) is 0. The first-order valence-electron chi connectivity index (χ1n) is 4.54. The number of carbonyl (C=O) groups is 3. The van der Waals surface area contributed by atoms with E-state index in [0.29, 0.717) is 26.2 Å². The van der Waals surface area contributed by atoms with Gasteiger partial charge in [0.1, 0.15) is 6.42 Å². The molecule has 0 unspecified atom stereocenters. The smallest absolute Gasteiger partial charge is 0.314 e. The number of piperazine rings is 1. The molecule has 3 N–H and O–H groups in total. The number of rotatable bonds is 2. The normalized spacial score (nSPS) is 16.3. The van der Waals surface area contributed by atoms with Gasteiger partial charge in [-0.2, -0.15) is 0 Å². The minimum absolute atomic E-state index is 0.342. The molecule has 0 bridgehead atoms. The average Bonchev–Trinajstić information content (AvgIpc) is 2.17. The molecule has 0 radical (unpaired) electrons. The first kappa shape index (κ1) is 11.3. The van der Waals surface area contributed by atoms with Gasteiger partial charge in [-0.15, -0.1) is 0 Å². The van der Waals surface area contributed by atoms with Crippen LogP contribution < -0.4 is 5.73 Å². The zero-order valence-electron chi connectivity index (χ0n) is 8.18. The van der Waals surface area contributed by atoms with Gasteiger partial charge in [0.2, 0.25) is 5.91 Å². The molecular formula is C8H13N3O4. The van der Waals surface area contributed by atoms with Crippen LogP contribution in [0.15, 0.2) is 0 Å². The SMILES string of the molecule is NC(=O)N1CCN(C(=O)CC(=O)O)CC1. The van der Waals surface area contributed by atoms with Crippen molar-refractivity contribution in [2.24, 2.45) is 5.73 Å². The fourth-order valence-electron chi connectivity index (χ4n) is 1.42. The second kappa shape index (κ2) is 4.63. The summed E-state index contributed by atoms with van der Waals surface area (Å²) in [4.78, 5) is 35.2. The molecule has 1 fully saturated rings. The van der Waals surface area contributed by atoms with Crippen LogP contribution in [0, 0.1) is 0 Å². The largest absolute Gasteiger partial charge is 0.481 e. The summed E-state index contributed by atoms with van der Waals surface area (Å²) in [6.45, 7) is 1.41. The van der Waals surface area contributed by atoms with E-state index in [1.807, 2.05) is 0 Å². The predicted octanol–water partition coefficient (Wildman–Crippen LogP) is -1.32. The van der Waals surface area contributed by atoms with E-state index in [0.717, 1.165) is 0 Å². The Morgan fingerprint density at radius 3 is 1.93 bits per heavy atom. The van der Waals surface area contributed by atoms with Gasteiger partial charge in [-0.1, -0.05) is 0 Å². The Hall–Kier alpha value is -1.79. The number of carboxylic acid groups (broad SMARTS) is 1. The summed E-state index contributed by atoms with van der Waals surface area (Å²) in [5, 5.41) is 8.42. The van der Waals surface area contributed by atoms with Crippen molar-refractivity contribution in [2.45, 2.75) is 6.42 Å². The van der Waals surface area contributed by atoms with Crippen LogP contribution in [-0.4, -0.2) is 59.0 Å². The predicted molar refractivity (Wildman–Crippen MR) is 50.0 cm³/mol. The molecule has 1 rings (SSSR count). The second-order valence-corrected chi connectivity index (χ2v) is 3.28. The van der Waals surface area contributed by atoms with Gasteiger partial charge in [-0.05, 0) is 0 Å². The summed E-state index contributed by atoms with van der Waals surface area (Å²) in [6, 6.07) is -0.514. The zero-order valence-corrected chi connectivity index (χ0v) is 8.18. The lowest BCUT2D eigenvalue weighted by molar-refractivity contribution is -0.144. The monoisotopic (exact) mass is 215 g/mol. The highest BCUT2D eigenvalue weighted by molar-refractivity contribution is 5.93. The van der Waals surface area contributed by atoms with Gasteiger partial charge < -0.3 is 20.6 Å². The Balaban J connectivity index is 2.40. The van der Waals surface area contributed by atoms with Crippen LogP contribution in [0.1, 0.15) is 6.42 Å². The molecule has 0 aromatic heterocycles. The first-order valence-corrected chi connectivity index (χ1v) is 4.54. The molecule has 0 saturated carbocycles. The minimum atomic E-state index is -1.14. The van der Waals surface area contributed by atoms with E-state index in [-0.39, 0.29) is 0 Å². The van der Waals surface area contributed by atoms with Crippen LogP contribution >= 0.6 is 0 Å². The van der Waals surface area contributed by atoms with Gasteiger partial charge in [-0.25, -0.2) is 4.79 Å². The highest BCUT2D eigenvalue weighted by atomic mass is 16.4. The van der Waals surface area contributed by atoms with E-state index < -0.39 is 24.3 Å². The molecule has 3 amide bonds. The quantitative estimate of drug-likeness (QED) is 0.557. The molecule has 0 aromatic carbocycles. The lowest BCUT2D eigenvalue weighted by Gasteiger charge is -2.33. The number of nitrogens with two attached hydrogens (primary N) is 1. The third-order valence-electron chi connectivity index (χ3n) is 2.25. The molecule has 7 heteroatoms. The fraction of sp³-hybridized carbons (Fsp3) is 0.625. The number of nitrogens with zero attached hydrogens (tertiary/aromatic N) is 2. The van der Waals surface area contributed by atoms with Gasteiger partial charge in [0.15, 0.2) is 0 Å². The molecule has 0 aromatic rings. The molecule has 0 atom stereocenters. The number of hydrogen-bond donors (Lipinski definition) is 2. The molecule has 0 aliphatic carbocycles. The lowest BCUT2D eigenvalue weighted by Crippen LogP contribution is -2.52. The Labute approximate surface area is 86.4 Å². The standard InChI is InChI=1S/C8H13N3O4/c9-8(15)11-3-1-10(2-4-11)6(12)5-7(13)14/h1-5H2,(H2,9,15)(H,13,14). The third kappa shape index (κ3) is 3.12. The Morgan fingerprint density at radius 2 is 1.53 bits per heavy atom. The number of primary amides is 1. The Morgan fingerprint density at radius 1 is 1.07 bits per heavy atom. The highest BCUT2D eigenvalue weighted by Gasteiger charge is 2.23. The van der Waals surface area contributed by atoms with E-state index >= 15 is 0 Å². The number of urea groups is 1. The van der Waals surface area contributed by atoms with Crippen molar-refractivity contribution in [1.29, 1.82) is 0 Å². The number of carbonyl (C=O) groups excluding carboxylic acids is 2. The van der Waals surface area contributed by atoms with E-state index in [1.54, 1.807) is 0 Å². The number of amides is 3. The van der Waals surface area contributed by atoms with Crippen LogP contribution in [-0.2, 0) is 9.59 Å². The third-order valence-corrected chi connectivity index (χ3v) is 2.25. The van der Waals surface area contributed by atoms with Gasteiger partial charge in [-0.3, -0.25) is 9.59 Å². The fourth-order valence-corrected chi connectivity index (χ4v) is 1.42. The molecule has 1 saturated heterocycles. The van der Waals surface area contributed by atoms with Crippen molar-refractivity contribution in [2.75, 3.05) is 26.2 Å². The average molecular weight is 215 g/mol. The van der Waals surface area contributed by atoms with Crippen molar-refractivity contribution in [3.63, 3.8) is 0 Å². The van der Waals surface area contributed by atoms with Crippen molar-refractivity contribution in [1.82, 2.24) is 9.80 Å². The molecule has 15 heavy (non-hydrogen) atoms. The Bertz CT molecular complexity index is 284. The molecule has 1 heterocycles. The molecule has 1 aliphatic heterocycles. The lowest BCUT2D eigenvalue weighted by atomic mass is 10.3. The van der Waals surface area contributed by atoms with Crippen molar-refractivity contribution < 1.29 is 19.5 Å².